The minimum absolute atomic E-state index is 0.144. The molecule has 130 valence electrons. The number of benzene rings is 1. The lowest BCUT2D eigenvalue weighted by atomic mass is 10.1. The zero-order chi connectivity index (χ0) is 17.6. The summed E-state index contributed by atoms with van der Waals surface area (Å²) in [6.45, 7) is 3.69. The molecule has 1 atom stereocenters. The number of allylic oxidation sites excluding steroid dienone is 1. The molecule has 1 aliphatic heterocycles. The molecule has 1 heterocycles. The second-order valence-corrected chi connectivity index (χ2v) is 7.82. The summed E-state index contributed by atoms with van der Waals surface area (Å²) >= 11 is 0. The standard InChI is InChI=1S/C18H24N2O3S/c1-2-3-4-5-6-7-8-9-14-17(21)20-18(22)15-12-10-11-13-16(15)24(20,19)23/h2,10-13,19H,1,3-9,14H2. The number of imide groups is 1. The smallest absolute Gasteiger partial charge is 0.273 e. The van der Waals surface area contributed by atoms with E-state index in [1.807, 2.05) is 6.08 Å². The third-order valence-electron chi connectivity index (χ3n) is 4.13. The van der Waals surface area contributed by atoms with Crippen LogP contribution in [0.5, 0.6) is 0 Å². The summed E-state index contributed by atoms with van der Waals surface area (Å²) < 4.78 is 21.2. The molecular weight excluding hydrogens is 324 g/mol. The molecule has 2 amide bonds. The van der Waals surface area contributed by atoms with Crippen molar-refractivity contribution < 1.29 is 13.8 Å². The highest BCUT2D eigenvalue weighted by atomic mass is 32.2. The first-order valence-corrected chi connectivity index (χ1v) is 9.88. The maximum atomic E-state index is 12.6. The van der Waals surface area contributed by atoms with Gasteiger partial charge in [0.2, 0.25) is 5.91 Å². The lowest BCUT2D eigenvalue weighted by Crippen LogP contribution is -2.35. The molecule has 0 saturated heterocycles. The van der Waals surface area contributed by atoms with Gasteiger partial charge in [-0.25, -0.2) is 8.99 Å². The lowest BCUT2D eigenvalue weighted by molar-refractivity contribution is -0.124. The van der Waals surface area contributed by atoms with Crippen molar-refractivity contribution in [2.75, 3.05) is 0 Å². The maximum Gasteiger partial charge on any atom is 0.274 e. The Kier molecular flexibility index (Phi) is 6.31. The normalized spacial score (nSPS) is 19.3. The number of unbranched alkanes of at least 4 members (excludes halogenated alkanes) is 6. The monoisotopic (exact) mass is 348 g/mol. The molecule has 0 saturated carbocycles. The van der Waals surface area contributed by atoms with Gasteiger partial charge in [-0.05, 0) is 31.4 Å². The Morgan fingerprint density at radius 1 is 1.12 bits per heavy atom. The van der Waals surface area contributed by atoms with Crippen LogP contribution in [-0.2, 0) is 14.7 Å². The Labute approximate surface area is 143 Å². The Hall–Kier alpha value is -1.95. The van der Waals surface area contributed by atoms with E-state index in [1.165, 1.54) is 12.1 Å². The molecule has 0 fully saturated rings. The van der Waals surface area contributed by atoms with Crippen LogP contribution in [0.25, 0.3) is 0 Å². The molecule has 2 rings (SSSR count). The van der Waals surface area contributed by atoms with Gasteiger partial charge in [0.1, 0.15) is 0 Å². The number of amides is 2. The second kappa shape index (κ2) is 8.24. The van der Waals surface area contributed by atoms with Crippen molar-refractivity contribution in [2.24, 2.45) is 0 Å². The van der Waals surface area contributed by atoms with E-state index in [4.69, 9.17) is 4.78 Å². The van der Waals surface area contributed by atoms with Crippen LogP contribution in [0.2, 0.25) is 0 Å². The molecule has 1 aromatic carbocycles. The third kappa shape index (κ3) is 3.93. The van der Waals surface area contributed by atoms with Gasteiger partial charge < -0.3 is 0 Å². The van der Waals surface area contributed by atoms with Crippen LogP contribution in [0.4, 0.5) is 0 Å². The Morgan fingerprint density at radius 3 is 2.42 bits per heavy atom. The zero-order valence-corrected chi connectivity index (χ0v) is 14.6. The van der Waals surface area contributed by atoms with Crippen molar-refractivity contribution in [3.63, 3.8) is 0 Å². The van der Waals surface area contributed by atoms with E-state index in [0.717, 1.165) is 38.5 Å². The molecule has 5 nitrogen and oxygen atoms in total. The number of nitrogens with zero attached hydrogens (tertiary/aromatic N) is 1. The van der Waals surface area contributed by atoms with Crippen molar-refractivity contribution in [2.45, 2.75) is 56.3 Å². The van der Waals surface area contributed by atoms with Gasteiger partial charge in [-0.2, -0.15) is 4.31 Å². The molecule has 1 N–H and O–H groups in total. The van der Waals surface area contributed by atoms with Crippen LogP contribution in [0.15, 0.2) is 41.8 Å². The van der Waals surface area contributed by atoms with Gasteiger partial charge in [-0.15, -0.1) is 6.58 Å². The molecule has 1 aliphatic rings. The minimum Gasteiger partial charge on any atom is -0.273 e. The number of fused-ring (bicyclic) bond motifs is 1. The summed E-state index contributed by atoms with van der Waals surface area (Å²) in [5, 5.41) is 0. The minimum atomic E-state index is -3.53. The van der Waals surface area contributed by atoms with E-state index < -0.39 is 21.7 Å². The van der Waals surface area contributed by atoms with Gasteiger partial charge in [0, 0.05) is 6.42 Å². The van der Waals surface area contributed by atoms with Crippen LogP contribution < -0.4 is 0 Å². The predicted octanol–water partition coefficient (Wildman–Crippen LogP) is 4.30. The number of hydrogen-bond donors (Lipinski definition) is 1. The molecule has 0 radical (unpaired) electrons. The average Bonchev–Trinajstić information content (AvgIpc) is 2.77. The first-order chi connectivity index (χ1) is 11.5. The van der Waals surface area contributed by atoms with Crippen molar-refractivity contribution >= 4 is 21.7 Å². The summed E-state index contributed by atoms with van der Waals surface area (Å²) in [5.41, 5.74) is 0.202. The lowest BCUT2D eigenvalue weighted by Gasteiger charge is -2.15. The molecule has 0 aliphatic carbocycles. The van der Waals surface area contributed by atoms with Gasteiger partial charge in [-0.3, -0.25) is 9.59 Å². The molecule has 0 aromatic heterocycles. The molecular formula is C18H24N2O3S. The Balaban J connectivity index is 1.84. The highest BCUT2D eigenvalue weighted by Crippen LogP contribution is 2.31. The molecule has 1 unspecified atom stereocenters. The van der Waals surface area contributed by atoms with Gasteiger partial charge in [-0.1, -0.05) is 43.9 Å². The molecule has 1 aromatic rings. The van der Waals surface area contributed by atoms with Crippen molar-refractivity contribution in [1.29, 1.82) is 4.78 Å². The zero-order valence-electron chi connectivity index (χ0n) is 13.8. The highest BCUT2D eigenvalue weighted by Gasteiger charge is 2.41. The van der Waals surface area contributed by atoms with Gasteiger partial charge in [0.05, 0.1) is 10.5 Å². The first-order valence-electron chi connectivity index (χ1n) is 8.36. The van der Waals surface area contributed by atoms with E-state index in [-0.39, 0.29) is 16.9 Å². The average molecular weight is 348 g/mol. The number of nitrogens with one attached hydrogen (secondary N) is 1. The summed E-state index contributed by atoms with van der Waals surface area (Å²) in [6, 6.07) is 6.27. The number of carbonyl (C=O) groups excluding carboxylic acids is 2. The largest absolute Gasteiger partial charge is 0.274 e. The predicted molar refractivity (Wildman–Crippen MR) is 93.9 cm³/mol. The summed E-state index contributed by atoms with van der Waals surface area (Å²) in [5.74, 6) is -1.12. The number of carbonyl (C=O) groups is 2. The fourth-order valence-electron chi connectivity index (χ4n) is 2.84. The van der Waals surface area contributed by atoms with Crippen LogP contribution in [0, 0.1) is 4.78 Å². The van der Waals surface area contributed by atoms with Crippen LogP contribution in [-0.4, -0.2) is 20.3 Å². The van der Waals surface area contributed by atoms with E-state index in [1.54, 1.807) is 12.1 Å². The van der Waals surface area contributed by atoms with Gasteiger partial charge in [0.15, 0.2) is 9.92 Å². The van der Waals surface area contributed by atoms with E-state index >= 15 is 0 Å². The fourth-order valence-corrected chi connectivity index (χ4v) is 4.46. The van der Waals surface area contributed by atoms with Crippen molar-refractivity contribution in [1.82, 2.24) is 4.31 Å². The van der Waals surface area contributed by atoms with Gasteiger partial charge >= 0.3 is 0 Å². The molecule has 0 bridgehead atoms. The summed E-state index contributed by atoms with van der Waals surface area (Å²) in [6.07, 6.45) is 9.10. The Morgan fingerprint density at radius 2 is 1.75 bits per heavy atom. The topological polar surface area (TPSA) is 78.3 Å². The second-order valence-electron chi connectivity index (χ2n) is 5.96. The van der Waals surface area contributed by atoms with E-state index in [9.17, 15) is 13.8 Å². The molecule has 0 spiro atoms. The molecule has 24 heavy (non-hydrogen) atoms. The SMILES string of the molecule is C=CCCCCCCCCC(=O)N1C(=O)c2ccccc2S1(=N)=O. The van der Waals surface area contributed by atoms with Crippen molar-refractivity contribution in [3.05, 3.63) is 42.5 Å². The van der Waals surface area contributed by atoms with Gasteiger partial charge in [0.25, 0.3) is 5.91 Å². The fraction of sp³-hybridized carbons (Fsp3) is 0.444. The number of hydrogen-bond acceptors (Lipinski definition) is 4. The van der Waals surface area contributed by atoms with Crippen molar-refractivity contribution in [3.8, 4) is 0 Å². The summed E-state index contributed by atoms with van der Waals surface area (Å²) in [4.78, 5) is 24.7. The summed E-state index contributed by atoms with van der Waals surface area (Å²) in [7, 11) is -3.53. The maximum absolute atomic E-state index is 12.6. The number of rotatable bonds is 9. The van der Waals surface area contributed by atoms with E-state index in [2.05, 4.69) is 6.58 Å². The first kappa shape index (κ1) is 18.4. The van der Waals surface area contributed by atoms with Crippen LogP contribution in [0.1, 0.15) is 61.7 Å². The quantitative estimate of drug-likeness (QED) is 0.534. The highest BCUT2D eigenvalue weighted by molar-refractivity contribution is 7.91. The van der Waals surface area contributed by atoms with Crippen LogP contribution in [0.3, 0.4) is 0 Å². The van der Waals surface area contributed by atoms with Crippen LogP contribution >= 0.6 is 0 Å². The molecule has 6 heteroatoms. The third-order valence-corrected chi connectivity index (χ3v) is 5.97. The van der Waals surface area contributed by atoms with E-state index in [0.29, 0.717) is 10.7 Å². The Bertz CT molecular complexity index is 726.